The highest BCUT2D eigenvalue weighted by Gasteiger charge is 2.20. The summed E-state index contributed by atoms with van der Waals surface area (Å²) in [5.74, 6) is 2.38. The number of benzene rings is 1. The SMILES string of the molecule is Cc1cc(N2CCC(CN)CC2)nc(-c2cccc(Cl)c2)n1. The van der Waals surface area contributed by atoms with E-state index in [4.69, 9.17) is 22.3 Å². The summed E-state index contributed by atoms with van der Waals surface area (Å²) in [4.78, 5) is 11.6. The summed E-state index contributed by atoms with van der Waals surface area (Å²) in [6.45, 7) is 4.80. The molecule has 4 nitrogen and oxygen atoms in total. The van der Waals surface area contributed by atoms with E-state index < -0.39 is 0 Å². The Morgan fingerprint density at radius 1 is 1.23 bits per heavy atom. The first kappa shape index (κ1) is 15.3. The third-order valence-corrected chi connectivity index (χ3v) is 4.43. The van der Waals surface area contributed by atoms with Gasteiger partial charge in [-0.1, -0.05) is 23.7 Å². The maximum absolute atomic E-state index is 6.08. The van der Waals surface area contributed by atoms with Gasteiger partial charge in [-0.2, -0.15) is 0 Å². The van der Waals surface area contributed by atoms with Crippen molar-refractivity contribution in [2.45, 2.75) is 19.8 Å². The Labute approximate surface area is 136 Å². The van der Waals surface area contributed by atoms with Crippen molar-refractivity contribution >= 4 is 17.4 Å². The molecule has 1 aliphatic rings. The minimum Gasteiger partial charge on any atom is -0.356 e. The van der Waals surface area contributed by atoms with Crippen molar-refractivity contribution in [2.24, 2.45) is 11.7 Å². The van der Waals surface area contributed by atoms with Crippen LogP contribution in [0, 0.1) is 12.8 Å². The molecule has 1 aromatic carbocycles. The van der Waals surface area contributed by atoms with Crippen LogP contribution in [0.1, 0.15) is 18.5 Å². The van der Waals surface area contributed by atoms with Gasteiger partial charge >= 0.3 is 0 Å². The zero-order valence-corrected chi connectivity index (χ0v) is 13.6. The van der Waals surface area contributed by atoms with Crippen molar-refractivity contribution in [2.75, 3.05) is 24.5 Å². The smallest absolute Gasteiger partial charge is 0.161 e. The van der Waals surface area contributed by atoms with E-state index in [0.29, 0.717) is 10.9 Å². The van der Waals surface area contributed by atoms with E-state index in [1.54, 1.807) is 0 Å². The number of halogens is 1. The quantitative estimate of drug-likeness (QED) is 0.944. The second kappa shape index (κ2) is 6.63. The van der Waals surface area contributed by atoms with E-state index in [2.05, 4.69) is 16.0 Å². The lowest BCUT2D eigenvalue weighted by molar-refractivity contribution is 0.413. The maximum Gasteiger partial charge on any atom is 0.161 e. The third kappa shape index (κ3) is 3.39. The molecule has 0 radical (unpaired) electrons. The summed E-state index contributed by atoms with van der Waals surface area (Å²) in [6.07, 6.45) is 2.26. The first-order valence-corrected chi connectivity index (χ1v) is 8.10. The first-order valence-electron chi connectivity index (χ1n) is 7.72. The number of nitrogens with zero attached hydrogens (tertiary/aromatic N) is 3. The number of aromatic nitrogens is 2. The predicted octanol–water partition coefficient (Wildman–Crippen LogP) is 3.28. The summed E-state index contributed by atoms with van der Waals surface area (Å²) in [6, 6.07) is 9.73. The minimum atomic E-state index is 0.645. The van der Waals surface area contributed by atoms with Gasteiger partial charge in [-0.15, -0.1) is 0 Å². The lowest BCUT2D eigenvalue weighted by Crippen LogP contribution is -2.36. The standard InChI is InChI=1S/C17H21ClN4/c1-12-9-16(22-7-5-13(11-19)6-8-22)21-17(20-12)14-3-2-4-15(18)10-14/h2-4,9-10,13H,5-8,11,19H2,1H3. The van der Waals surface area contributed by atoms with E-state index in [0.717, 1.165) is 55.4 Å². The Morgan fingerprint density at radius 2 is 2.00 bits per heavy atom. The van der Waals surface area contributed by atoms with E-state index >= 15 is 0 Å². The average Bonchev–Trinajstić information content (AvgIpc) is 2.54. The molecule has 0 spiro atoms. The molecule has 2 N–H and O–H groups in total. The summed E-state index contributed by atoms with van der Waals surface area (Å²) < 4.78 is 0. The number of hydrogen-bond donors (Lipinski definition) is 1. The molecule has 0 bridgehead atoms. The van der Waals surface area contributed by atoms with Gasteiger partial charge in [-0.3, -0.25) is 0 Å². The number of nitrogens with two attached hydrogens (primary N) is 1. The lowest BCUT2D eigenvalue weighted by Gasteiger charge is -2.32. The predicted molar refractivity (Wildman–Crippen MR) is 91.2 cm³/mol. The minimum absolute atomic E-state index is 0.645. The monoisotopic (exact) mass is 316 g/mol. The Balaban J connectivity index is 1.87. The number of anilines is 1. The Morgan fingerprint density at radius 3 is 2.68 bits per heavy atom. The van der Waals surface area contributed by atoms with E-state index in [-0.39, 0.29) is 0 Å². The molecule has 0 saturated carbocycles. The molecule has 0 atom stereocenters. The van der Waals surface area contributed by atoms with Crippen molar-refractivity contribution in [3.8, 4) is 11.4 Å². The van der Waals surface area contributed by atoms with Crippen molar-refractivity contribution in [1.29, 1.82) is 0 Å². The van der Waals surface area contributed by atoms with Gasteiger partial charge in [0.25, 0.3) is 0 Å². The Bertz CT molecular complexity index is 651. The third-order valence-electron chi connectivity index (χ3n) is 4.20. The molecule has 0 amide bonds. The van der Waals surface area contributed by atoms with Crippen molar-refractivity contribution in [3.05, 3.63) is 41.0 Å². The van der Waals surface area contributed by atoms with Crippen molar-refractivity contribution in [1.82, 2.24) is 9.97 Å². The van der Waals surface area contributed by atoms with Crippen LogP contribution in [0.15, 0.2) is 30.3 Å². The van der Waals surface area contributed by atoms with Gasteiger partial charge in [0, 0.05) is 35.4 Å². The molecule has 5 heteroatoms. The molecule has 2 heterocycles. The summed E-state index contributed by atoms with van der Waals surface area (Å²) >= 11 is 6.08. The van der Waals surface area contributed by atoms with Crippen molar-refractivity contribution < 1.29 is 0 Å². The van der Waals surface area contributed by atoms with E-state index in [1.165, 1.54) is 0 Å². The Kier molecular flexibility index (Phi) is 4.60. The fourth-order valence-corrected chi connectivity index (χ4v) is 3.06. The number of aryl methyl sites for hydroxylation is 1. The molecule has 0 aliphatic carbocycles. The highest BCUT2D eigenvalue weighted by molar-refractivity contribution is 6.30. The van der Waals surface area contributed by atoms with Gasteiger partial charge in [0.1, 0.15) is 5.82 Å². The second-order valence-electron chi connectivity index (χ2n) is 5.87. The number of rotatable bonds is 3. The van der Waals surface area contributed by atoms with Crippen LogP contribution in [0.25, 0.3) is 11.4 Å². The van der Waals surface area contributed by atoms with Crippen LogP contribution >= 0.6 is 11.6 Å². The molecule has 0 unspecified atom stereocenters. The second-order valence-corrected chi connectivity index (χ2v) is 6.30. The molecule has 116 valence electrons. The van der Waals surface area contributed by atoms with E-state index in [1.807, 2.05) is 31.2 Å². The van der Waals surface area contributed by atoms with Crippen LogP contribution in [-0.2, 0) is 0 Å². The highest BCUT2D eigenvalue weighted by Crippen LogP contribution is 2.25. The van der Waals surface area contributed by atoms with Gasteiger partial charge in [-0.25, -0.2) is 9.97 Å². The van der Waals surface area contributed by atoms with Gasteiger partial charge in [0.15, 0.2) is 5.82 Å². The van der Waals surface area contributed by atoms with Crippen LogP contribution in [0.3, 0.4) is 0 Å². The van der Waals surface area contributed by atoms with Gasteiger partial charge in [-0.05, 0) is 44.4 Å². The fourth-order valence-electron chi connectivity index (χ4n) is 2.87. The molecule has 1 fully saturated rings. The molecule has 1 saturated heterocycles. The van der Waals surface area contributed by atoms with Crippen LogP contribution in [0.4, 0.5) is 5.82 Å². The maximum atomic E-state index is 6.08. The summed E-state index contributed by atoms with van der Waals surface area (Å²) in [5, 5.41) is 0.702. The molecular formula is C17H21ClN4. The molecule has 2 aromatic rings. The molecule has 3 rings (SSSR count). The molecule has 1 aliphatic heterocycles. The highest BCUT2D eigenvalue weighted by atomic mass is 35.5. The lowest BCUT2D eigenvalue weighted by atomic mass is 9.97. The normalized spacial score (nSPS) is 16.0. The van der Waals surface area contributed by atoms with Crippen LogP contribution in [0.2, 0.25) is 5.02 Å². The Hall–Kier alpha value is -1.65. The van der Waals surface area contributed by atoms with Crippen LogP contribution in [-0.4, -0.2) is 29.6 Å². The van der Waals surface area contributed by atoms with E-state index in [9.17, 15) is 0 Å². The van der Waals surface area contributed by atoms with Crippen LogP contribution in [0.5, 0.6) is 0 Å². The van der Waals surface area contributed by atoms with Gasteiger partial charge in [0.2, 0.25) is 0 Å². The average molecular weight is 317 g/mol. The van der Waals surface area contributed by atoms with Gasteiger partial charge < -0.3 is 10.6 Å². The first-order chi connectivity index (χ1) is 10.7. The van der Waals surface area contributed by atoms with Crippen molar-refractivity contribution in [3.63, 3.8) is 0 Å². The largest absolute Gasteiger partial charge is 0.356 e. The summed E-state index contributed by atoms with van der Waals surface area (Å²) in [5.41, 5.74) is 7.70. The van der Waals surface area contributed by atoms with Crippen LogP contribution < -0.4 is 10.6 Å². The topological polar surface area (TPSA) is 55.0 Å². The van der Waals surface area contributed by atoms with Gasteiger partial charge in [0.05, 0.1) is 0 Å². The summed E-state index contributed by atoms with van der Waals surface area (Å²) in [7, 11) is 0. The number of hydrogen-bond acceptors (Lipinski definition) is 4. The zero-order chi connectivity index (χ0) is 15.5. The molecule has 1 aromatic heterocycles. The zero-order valence-electron chi connectivity index (χ0n) is 12.8. The molecular weight excluding hydrogens is 296 g/mol. The fraction of sp³-hybridized carbons (Fsp3) is 0.412. The molecule has 22 heavy (non-hydrogen) atoms. The number of piperidine rings is 1.